The fourth-order valence-corrected chi connectivity index (χ4v) is 3.11. The molecule has 1 aromatic carbocycles. The molecule has 1 aromatic heterocycles. The molecule has 1 atom stereocenters. The lowest BCUT2D eigenvalue weighted by molar-refractivity contribution is 0.0517. The van der Waals surface area contributed by atoms with E-state index < -0.39 is 23.2 Å². The normalized spacial score (nSPS) is 19.6. The van der Waals surface area contributed by atoms with Gasteiger partial charge in [0.25, 0.3) is 5.91 Å². The predicted octanol–water partition coefficient (Wildman–Crippen LogP) is 2.62. The second-order valence-electron chi connectivity index (χ2n) is 5.70. The van der Waals surface area contributed by atoms with Crippen LogP contribution in [0, 0.1) is 5.82 Å². The van der Waals surface area contributed by atoms with Crippen LogP contribution in [0.15, 0.2) is 28.7 Å². The lowest BCUT2D eigenvalue weighted by Crippen LogP contribution is -2.52. The zero-order valence-corrected chi connectivity index (χ0v) is 14.7. The highest BCUT2D eigenvalue weighted by Gasteiger charge is 2.39. The lowest BCUT2D eigenvalue weighted by Gasteiger charge is -2.35. The Kier molecular flexibility index (Phi) is 4.16. The Morgan fingerprint density at radius 3 is 2.96 bits per heavy atom. The third-order valence-corrected chi connectivity index (χ3v) is 4.37. The average molecular weight is 396 g/mol. The molecule has 0 aliphatic carbocycles. The van der Waals surface area contributed by atoms with E-state index in [0.29, 0.717) is 10.0 Å². The SMILES string of the molecule is CCOC(=O)c1cc2n(n1)C[C@@](C)(c1cc(Br)ccc1F)NC2=O. The number of carbonyl (C=O) groups is 2. The Balaban J connectivity index is 2.01. The number of ether oxygens (including phenoxy) is 1. The molecule has 6 nitrogen and oxygen atoms in total. The third kappa shape index (κ3) is 2.82. The van der Waals surface area contributed by atoms with Crippen LogP contribution in [0.25, 0.3) is 0 Å². The number of halogens is 2. The van der Waals surface area contributed by atoms with Crippen LogP contribution in [0.3, 0.4) is 0 Å². The molecule has 126 valence electrons. The number of rotatable bonds is 3. The second-order valence-corrected chi connectivity index (χ2v) is 6.62. The number of nitrogens with one attached hydrogen (secondary N) is 1. The number of hydrogen-bond acceptors (Lipinski definition) is 4. The summed E-state index contributed by atoms with van der Waals surface area (Å²) in [7, 11) is 0. The second kappa shape index (κ2) is 6.01. The number of esters is 1. The molecule has 0 spiro atoms. The molecule has 1 N–H and O–H groups in total. The van der Waals surface area contributed by atoms with Crippen molar-refractivity contribution in [3.8, 4) is 0 Å². The molecule has 0 radical (unpaired) electrons. The summed E-state index contributed by atoms with van der Waals surface area (Å²) in [5, 5.41) is 6.94. The summed E-state index contributed by atoms with van der Waals surface area (Å²) in [6, 6.07) is 5.92. The molecule has 3 rings (SSSR count). The number of aromatic nitrogens is 2. The topological polar surface area (TPSA) is 73.2 Å². The van der Waals surface area contributed by atoms with Gasteiger partial charge < -0.3 is 10.1 Å². The average Bonchev–Trinajstić information content (AvgIpc) is 2.94. The van der Waals surface area contributed by atoms with E-state index in [1.165, 1.54) is 16.8 Å². The van der Waals surface area contributed by atoms with E-state index in [4.69, 9.17) is 4.74 Å². The summed E-state index contributed by atoms with van der Waals surface area (Å²) < 4.78 is 21.3. The van der Waals surface area contributed by atoms with Crippen LogP contribution in [-0.4, -0.2) is 28.3 Å². The van der Waals surface area contributed by atoms with Crippen molar-refractivity contribution >= 4 is 27.8 Å². The first-order valence-corrected chi connectivity index (χ1v) is 8.16. The minimum Gasteiger partial charge on any atom is -0.461 e. The van der Waals surface area contributed by atoms with Gasteiger partial charge in [0.05, 0.1) is 18.7 Å². The fraction of sp³-hybridized carbons (Fsp3) is 0.312. The summed E-state index contributed by atoms with van der Waals surface area (Å²) >= 11 is 3.31. The number of hydrogen-bond donors (Lipinski definition) is 1. The molecule has 1 amide bonds. The molecule has 1 aliphatic heterocycles. The van der Waals surface area contributed by atoms with Crippen LogP contribution in [0.4, 0.5) is 4.39 Å². The molecule has 0 saturated heterocycles. The van der Waals surface area contributed by atoms with Crippen molar-refractivity contribution < 1.29 is 18.7 Å². The molecular formula is C16H15BrFN3O3. The number of benzene rings is 1. The van der Waals surface area contributed by atoms with Crippen LogP contribution >= 0.6 is 15.9 Å². The fourth-order valence-electron chi connectivity index (χ4n) is 2.75. The third-order valence-electron chi connectivity index (χ3n) is 3.88. The van der Waals surface area contributed by atoms with Crippen molar-refractivity contribution in [3.63, 3.8) is 0 Å². The Hall–Kier alpha value is -2.22. The summed E-state index contributed by atoms with van der Waals surface area (Å²) in [5.41, 5.74) is -0.355. The highest BCUT2D eigenvalue weighted by atomic mass is 79.9. The smallest absolute Gasteiger partial charge is 0.358 e. The lowest BCUT2D eigenvalue weighted by atomic mass is 9.89. The summed E-state index contributed by atoms with van der Waals surface area (Å²) in [6.07, 6.45) is 0. The maximum atomic E-state index is 14.3. The molecule has 0 fully saturated rings. The number of amides is 1. The van der Waals surface area contributed by atoms with Gasteiger partial charge in [-0.25, -0.2) is 9.18 Å². The van der Waals surface area contributed by atoms with E-state index in [1.54, 1.807) is 26.0 Å². The van der Waals surface area contributed by atoms with Crippen molar-refractivity contribution in [2.45, 2.75) is 25.9 Å². The van der Waals surface area contributed by atoms with Crippen molar-refractivity contribution in [1.29, 1.82) is 0 Å². The minimum absolute atomic E-state index is 0.0564. The highest BCUT2D eigenvalue weighted by Crippen LogP contribution is 2.31. The van der Waals surface area contributed by atoms with Crippen LogP contribution < -0.4 is 5.32 Å². The number of nitrogens with zero attached hydrogens (tertiary/aromatic N) is 2. The van der Waals surface area contributed by atoms with Crippen LogP contribution in [-0.2, 0) is 16.8 Å². The first-order chi connectivity index (χ1) is 11.3. The van der Waals surface area contributed by atoms with E-state index in [1.807, 2.05) is 0 Å². The maximum Gasteiger partial charge on any atom is 0.358 e. The van der Waals surface area contributed by atoms with E-state index >= 15 is 0 Å². The predicted molar refractivity (Wildman–Crippen MR) is 87.1 cm³/mol. The van der Waals surface area contributed by atoms with Gasteiger partial charge in [-0.3, -0.25) is 9.48 Å². The van der Waals surface area contributed by atoms with Gasteiger partial charge in [0, 0.05) is 16.1 Å². The summed E-state index contributed by atoms with van der Waals surface area (Å²) in [5.74, 6) is -1.45. The van der Waals surface area contributed by atoms with Gasteiger partial charge in [0.1, 0.15) is 11.5 Å². The number of carbonyl (C=O) groups excluding carboxylic acids is 2. The molecule has 8 heteroatoms. The van der Waals surface area contributed by atoms with Crippen molar-refractivity contribution in [3.05, 3.63) is 51.5 Å². The van der Waals surface area contributed by atoms with Crippen molar-refractivity contribution in [2.24, 2.45) is 0 Å². The molecule has 0 unspecified atom stereocenters. The van der Waals surface area contributed by atoms with Gasteiger partial charge in [-0.1, -0.05) is 15.9 Å². The minimum atomic E-state index is -0.990. The standard InChI is InChI=1S/C16H15BrFN3O3/c1-3-24-15(23)12-7-13-14(22)19-16(2,8-21(13)20-12)10-6-9(17)4-5-11(10)18/h4-7H,3,8H2,1-2H3,(H,19,22)/t16-/m0/s1. The van der Waals surface area contributed by atoms with E-state index in [-0.39, 0.29) is 24.5 Å². The molecular weight excluding hydrogens is 381 g/mol. The van der Waals surface area contributed by atoms with Crippen LogP contribution in [0.2, 0.25) is 0 Å². The molecule has 24 heavy (non-hydrogen) atoms. The van der Waals surface area contributed by atoms with Gasteiger partial charge in [0.2, 0.25) is 0 Å². The first kappa shape index (κ1) is 16.6. The highest BCUT2D eigenvalue weighted by molar-refractivity contribution is 9.10. The Labute approximate surface area is 146 Å². The Morgan fingerprint density at radius 1 is 1.50 bits per heavy atom. The Bertz CT molecular complexity index is 836. The summed E-state index contributed by atoms with van der Waals surface area (Å²) in [4.78, 5) is 24.2. The van der Waals surface area contributed by atoms with Crippen LogP contribution in [0.5, 0.6) is 0 Å². The van der Waals surface area contributed by atoms with E-state index in [0.717, 1.165) is 0 Å². The van der Waals surface area contributed by atoms with E-state index in [9.17, 15) is 14.0 Å². The van der Waals surface area contributed by atoms with Crippen LogP contribution in [0.1, 0.15) is 40.4 Å². The van der Waals surface area contributed by atoms with Gasteiger partial charge >= 0.3 is 5.97 Å². The zero-order valence-electron chi connectivity index (χ0n) is 13.1. The van der Waals surface area contributed by atoms with Gasteiger partial charge in [-0.05, 0) is 32.0 Å². The molecule has 0 bridgehead atoms. The maximum absolute atomic E-state index is 14.3. The largest absolute Gasteiger partial charge is 0.461 e. The first-order valence-electron chi connectivity index (χ1n) is 7.37. The van der Waals surface area contributed by atoms with Gasteiger partial charge in [0.15, 0.2) is 5.69 Å². The molecule has 0 saturated carbocycles. The molecule has 2 aromatic rings. The van der Waals surface area contributed by atoms with Crippen molar-refractivity contribution in [2.75, 3.05) is 6.61 Å². The quantitative estimate of drug-likeness (QED) is 0.810. The Morgan fingerprint density at radius 2 is 2.25 bits per heavy atom. The monoisotopic (exact) mass is 395 g/mol. The van der Waals surface area contributed by atoms with E-state index in [2.05, 4.69) is 26.3 Å². The molecule has 1 aliphatic rings. The van der Waals surface area contributed by atoms with Gasteiger partial charge in [-0.15, -0.1) is 0 Å². The zero-order chi connectivity index (χ0) is 17.5. The summed E-state index contributed by atoms with van der Waals surface area (Å²) in [6.45, 7) is 3.81. The van der Waals surface area contributed by atoms with Crippen molar-refractivity contribution in [1.82, 2.24) is 15.1 Å². The van der Waals surface area contributed by atoms with Gasteiger partial charge in [-0.2, -0.15) is 5.10 Å². The number of fused-ring (bicyclic) bond motifs is 1. The molecule has 2 heterocycles.